The van der Waals surface area contributed by atoms with Gasteiger partial charge in [-0.2, -0.15) is 13.2 Å². The average Bonchev–Trinajstić information content (AvgIpc) is 3.83. The molecule has 6 aliphatic rings. The number of likely N-dealkylation sites (N-methyl/N-ethyl adjacent to an activating group) is 1. The van der Waals surface area contributed by atoms with Gasteiger partial charge in [0.2, 0.25) is 5.91 Å². The lowest BCUT2D eigenvalue weighted by Crippen LogP contribution is -2.60. The molecule has 73 heavy (non-hydrogen) atoms. The number of hydrogen-bond acceptors (Lipinski definition) is 15. The third-order valence-electron chi connectivity index (χ3n) is 15.6. The van der Waals surface area contributed by atoms with Crippen molar-refractivity contribution in [1.82, 2.24) is 15.3 Å². The standard InChI is InChI=1S/C51H64ClF3N4O13S/c1-25-10-9-11-27(3)50(68)24-36(69-48(67)56-50)28(4)44-49(6,71-44)38(23-41(63)58(8)34-21-31(18-25)19-26(2)42(34)52)70-45(65)29(5)57(7)47(51(53,54)55)73-37-22-35(60)33(43(37)64)20-30-12-14-32(15-13-30)46(66)72-59-39(61)16-17-40(59)62/h9-11,19,21,27-30,32-33,36-38,44,47,68H,12-18,20,22-24H2,1-8H3,(H,56,67)/b11-9+,25-10+/t27-,28-,29+,30?,32?,33?,36+,37?,38+,44+,47?,49+,50+/m1/s1. The number of Topliss-reactive ketones (excluding diaryl/α,β-unsaturated/α-hetero) is 2. The predicted octanol–water partition coefficient (Wildman–Crippen LogP) is 6.86. The Morgan fingerprint density at radius 3 is 2.33 bits per heavy atom. The van der Waals surface area contributed by atoms with Gasteiger partial charge in [-0.25, -0.2) is 9.59 Å². The van der Waals surface area contributed by atoms with E-state index in [1.54, 1.807) is 45.9 Å². The number of nitrogens with zero attached hydrogens (tertiary/aromatic N) is 3. The van der Waals surface area contributed by atoms with Crippen LogP contribution in [0.15, 0.2) is 35.9 Å². The van der Waals surface area contributed by atoms with Crippen LogP contribution in [0.3, 0.4) is 0 Å². The Morgan fingerprint density at radius 1 is 1.03 bits per heavy atom. The number of fused-ring (bicyclic) bond motifs is 5. The minimum absolute atomic E-state index is 0.0517. The van der Waals surface area contributed by atoms with Crippen LogP contribution < -0.4 is 10.2 Å². The van der Waals surface area contributed by atoms with E-state index >= 15 is 13.2 Å². The number of ether oxygens (including phenoxy) is 3. The molecule has 3 saturated heterocycles. The van der Waals surface area contributed by atoms with Crippen LogP contribution in [-0.4, -0.2) is 129 Å². The topological polar surface area (TPSA) is 219 Å². The number of nitrogens with one attached hydrogen (secondary N) is 1. The van der Waals surface area contributed by atoms with Gasteiger partial charge in [-0.15, -0.1) is 16.8 Å². The molecule has 22 heteroatoms. The smallest absolute Gasteiger partial charge is 0.413 e. The maximum Gasteiger partial charge on any atom is 0.413 e. The van der Waals surface area contributed by atoms with E-state index in [9.17, 15) is 43.5 Å². The molecule has 17 nitrogen and oxygen atoms in total. The number of halogens is 4. The Balaban J connectivity index is 1.06. The largest absolute Gasteiger partial charge is 0.457 e. The third kappa shape index (κ3) is 12.2. The van der Waals surface area contributed by atoms with Gasteiger partial charge in [0, 0.05) is 44.6 Å². The molecule has 0 spiro atoms. The minimum atomic E-state index is -5.02. The number of allylic oxidation sites excluding steroid dienone is 3. The number of aliphatic hydroxyl groups is 1. The van der Waals surface area contributed by atoms with E-state index in [0.29, 0.717) is 58.3 Å². The molecular formula is C51H64ClF3N4O13S. The first kappa shape index (κ1) is 55.9. The molecule has 4 aliphatic heterocycles. The van der Waals surface area contributed by atoms with Crippen LogP contribution in [0.4, 0.5) is 23.7 Å². The van der Waals surface area contributed by atoms with Gasteiger partial charge in [-0.05, 0) is 96.4 Å². The molecule has 400 valence electrons. The second-order valence-electron chi connectivity index (χ2n) is 20.9. The molecular weight excluding hydrogens is 1000 g/mol. The van der Waals surface area contributed by atoms with Gasteiger partial charge < -0.3 is 29.1 Å². The van der Waals surface area contributed by atoms with Crippen molar-refractivity contribution in [2.75, 3.05) is 19.0 Å². The van der Waals surface area contributed by atoms with Crippen molar-refractivity contribution in [3.8, 4) is 0 Å². The van der Waals surface area contributed by atoms with E-state index in [1.807, 2.05) is 19.1 Å². The first-order valence-corrected chi connectivity index (χ1v) is 26.0. The molecule has 2 N–H and O–H groups in total. The summed E-state index contributed by atoms with van der Waals surface area (Å²) in [6.45, 7) is 9.94. The van der Waals surface area contributed by atoms with Crippen LogP contribution in [0.5, 0.6) is 0 Å². The first-order valence-electron chi connectivity index (χ1n) is 24.7. The summed E-state index contributed by atoms with van der Waals surface area (Å²) in [4.78, 5) is 112. The van der Waals surface area contributed by atoms with E-state index in [1.165, 1.54) is 18.9 Å². The molecule has 4 bridgehead atoms. The molecule has 4 amide bonds. The Morgan fingerprint density at radius 2 is 1.68 bits per heavy atom. The highest BCUT2D eigenvalue weighted by Crippen LogP contribution is 2.50. The highest BCUT2D eigenvalue weighted by Gasteiger charge is 2.64. The van der Waals surface area contributed by atoms with Gasteiger partial charge in [0.1, 0.15) is 35.4 Å². The predicted molar refractivity (Wildman–Crippen MR) is 259 cm³/mol. The lowest BCUT2D eigenvalue weighted by Gasteiger charge is -2.41. The van der Waals surface area contributed by atoms with Crippen LogP contribution in [-0.2, 0) is 59.0 Å². The summed E-state index contributed by atoms with van der Waals surface area (Å²) in [5, 5.41) is 11.2. The molecule has 2 saturated carbocycles. The Bertz CT molecular complexity index is 2450. The van der Waals surface area contributed by atoms with Crippen molar-refractivity contribution < 1.29 is 75.7 Å². The zero-order valence-electron chi connectivity index (χ0n) is 42.1. The summed E-state index contributed by atoms with van der Waals surface area (Å²) in [5.41, 5.74) is -0.383. The average molecular weight is 1070 g/mol. The number of thioether (sulfide) groups is 1. The number of imide groups is 1. The normalized spacial score (nSPS) is 34.4. The summed E-state index contributed by atoms with van der Waals surface area (Å²) in [7, 11) is 2.56. The Labute approximate surface area is 431 Å². The number of esters is 1. The number of aryl methyl sites for hydroxylation is 1. The third-order valence-corrected chi connectivity index (χ3v) is 17.7. The number of alkyl halides is 3. The van der Waals surface area contributed by atoms with E-state index in [0.717, 1.165) is 18.2 Å². The van der Waals surface area contributed by atoms with Crippen LogP contribution in [0.1, 0.15) is 110 Å². The van der Waals surface area contributed by atoms with Crippen molar-refractivity contribution in [2.45, 2.75) is 165 Å². The monoisotopic (exact) mass is 1060 g/mol. The van der Waals surface area contributed by atoms with E-state index in [2.05, 4.69) is 5.32 Å². The highest BCUT2D eigenvalue weighted by molar-refractivity contribution is 8.01. The molecule has 0 radical (unpaired) electrons. The second-order valence-corrected chi connectivity index (χ2v) is 22.6. The first-order chi connectivity index (χ1) is 34.1. The number of epoxide rings is 1. The van der Waals surface area contributed by atoms with E-state index in [4.69, 9.17) is 30.6 Å². The van der Waals surface area contributed by atoms with Crippen LogP contribution in [0.2, 0.25) is 5.02 Å². The molecule has 11 atom stereocenters. The molecule has 1 aromatic rings. The molecule has 1 aromatic carbocycles. The van der Waals surface area contributed by atoms with Gasteiger partial charge in [0.15, 0.2) is 11.2 Å². The second kappa shape index (κ2) is 21.8. The fraction of sp³-hybridized carbons (Fsp3) is 0.647. The molecule has 2 aliphatic carbocycles. The van der Waals surface area contributed by atoms with Crippen molar-refractivity contribution in [3.05, 3.63) is 52.1 Å². The van der Waals surface area contributed by atoms with Gasteiger partial charge in [-0.1, -0.05) is 55.3 Å². The zero-order valence-corrected chi connectivity index (χ0v) is 43.7. The van der Waals surface area contributed by atoms with Crippen molar-refractivity contribution >= 4 is 76.4 Å². The maximum absolute atomic E-state index is 15.1. The molecule has 5 fully saturated rings. The van der Waals surface area contributed by atoms with Crippen molar-refractivity contribution in [1.29, 1.82) is 0 Å². The molecule has 3 unspecified atom stereocenters. The summed E-state index contributed by atoms with van der Waals surface area (Å²) < 4.78 is 63.2. The van der Waals surface area contributed by atoms with Gasteiger partial charge >= 0.3 is 24.2 Å². The van der Waals surface area contributed by atoms with E-state index in [-0.39, 0.29) is 43.4 Å². The number of hydrogen-bond donors (Lipinski definition) is 2. The number of carbonyl (C=O) groups excluding carboxylic acids is 8. The fourth-order valence-corrected chi connectivity index (χ4v) is 12.3. The highest BCUT2D eigenvalue weighted by atomic mass is 35.5. The quantitative estimate of drug-likeness (QED) is 0.0804. The number of ketones is 2. The summed E-state index contributed by atoms with van der Waals surface area (Å²) >= 11 is 7.02. The Hall–Kier alpha value is -4.83. The number of anilines is 1. The van der Waals surface area contributed by atoms with Gasteiger partial charge in [0.25, 0.3) is 11.8 Å². The van der Waals surface area contributed by atoms with Crippen molar-refractivity contribution in [2.24, 2.45) is 29.6 Å². The minimum Gasteiger partial charge on any atom is -0.457 e. The van der Waals surface area contributed by atoms with Crippen LogP contribution in [0, 0.1) is 36.5 Å². The number of rotatable bonds is 10. The summed E-state index contributed by atoms with van der Waals surface area (Å²) in [6, 6.07) is 2.02. The molecule has 4 heterocycles. The zero-order chi connectivity index (χ0) is 53.6. The molecule has 0 aromatic heterocycles. The molecule has 7 rings (SSSR count). The number of alkyl carbamates (subject to hydrolysis) is 1. The fourth-order valence-electron chi connectivity index (χ4n) is 10.7. The van der Waals surface area contributed by atoms with Crippen molar-refractivity contribution in [3.63, 3.8) is 0 Å². The number of benzene rings is 1. The van der Waals surface area contributed by atoms with Gasteiger partial charge in [0.05, 0.1) is 40.3 Å². The lowest BCUT2D eigenvalue weighted by molar-refractivity contribution is -0.201. The summed E-state index contributed by atoms with van der Waals surface area (Å²) in [6.07, 6.45) is -2.84. The number of carbonyl (C=O) groups is 8. The van der Waals surface area contributed by atoms with Crippen LogP contribution >= 0.6 is 23.4 Å². The lowest BCUT2D eigenvalue weighted by atomic mass is 9.77. The SMILES string of the molecule is C/C1=C\C=C\[C@@H](C)[C@@]2(O)C[C@H](OC(=O)N2)[C@@H](C)[C@@H]2O[C@@]2(C)[C@@H](OC(=O)[C@H](C)N(C)C(SC2CC(=O)C(CC3CCC(C(=O)ON4C(=O)CCC4=O)CC3)C2=O)C(F)(F)F)CC(=O)N(C)c2cc(cc(C)c2Cl)C1. The number of hydroxylamine groups is 2. The van der Waals surface area contributed by atoms with Crippen LogP contribution in [0.25, 0.3) is 0 Å². The van der Waals surface area contributed by atoms with Gasteiger partial charge in [-0.3, -0.25) is 39.0 Å². The number of amides is 4. The Kier molecular flexibility index (Phi) is 16.7. The summed E-state index contributed by atoms with van der Waals surface area (Å²) in [5.74, 6) is -8.06. The van der Waals surface area contributed by atoms with E-state index < -0.39 is 136 Å². The maximum atomic E-state index is 15.1.